The molecule has 1 saturated heterocycles. The molecule has 24 heavy (non-hydrogen) atoms. The fourth-order valence-electron chi connectivity index (χ4n) is 2.44. The molecule has 9 heteroatoms. The van der Waals surface area contributed by atoms with Crippen LogP contribution in [0.25, 0.3) is 0 Å². The number of carbonyl (C=O) groups excluding carboxylic acids is 2. The minimum absolute atomic E-state index is 0. The molecule has 1 aliphatic rings. The molecule has 0 atom stereocenters. The number of likely N-dealkylation sites (N-methyl/N-ethyl adjacent to an activating group) is 1. The van der Waals surface area contributed by atoms with E-state index in [0.717, 1.165) is 12.1 Å². The first-order valence-electron chi connectivity index (χ1n) is 7.18. The summed E-state index contributed by atoms with van der Waals surface area (Å²) in [5, 5.41) is 2.35. The van der Waals surface area contributed by atoms with Crippen molar-refractivity contribution in [3.8, 4) is 0 Å². The van der Waals surface area contributed by atoms with Crippen molar-refractivity contribution in [2.75, 3.05) is 32.1 Å². The highest BCUT2D eigenvalue weighted by molar-refractivity contribution is 5.96. The van der Waals surface area contributed by atoms with Crippen molar-refractivity contribution in [2.24, 2.45) is 5.73 Å². The zero-order valence-electron chi connectivity index (χ0n) is 13.2. The van der Waals surface area contributed by atoms with Gasteiger partial charge in [0.15, 0.2) is 0 Å². The molecule has 0 bridgehead atoms. The van der Waals surface area contributed by atoms with Crippen LogP contribution in [0.3, 0.4) is 0 Å². The van der Waals surface area contributed by atoms with Gasteiger partial charge >= 0.3 is 0 Å². The fraction of sp³-hybridized carbons (Fsp3) is 0.467. The van der Waals surface area contributed by atoms with E-state index in [9.17, 15) is 18.4 Å². The minimum atomic E-state index is -1.04. The third kappa shape index (κ3) is 5.12. The number of rotatable bonds is 4. The van der Waals surface area contributed by atoms with E-state index in [2.05, 4.69) is 5.32 Å². The Kier molecular flexibility index (Phi) is 7.07. The van der Waals surface area contributed by atoms with Gasteiger partial charge in [0.2, 0.25) is 11.8 Å². The fourth-order valence-corrected chi connectivity index (χ4v) is 2.44. The predicted molar refractivity (Wildman–Crippen MR) is 86.8 cm³/mol. The van der Waals surface area contributed by atoms with Crippen LogP contribution in [0.4, 0.5) is 14.5 Å². The molecule has 6 nitrogen and oxygen atoms in total. The molecule has 2 rings (SSSR count). The number of nitrogens with zero attached hydrogens (tertiary/aromatic N) is 1. The number of halogens is 3. The zero-order chi connectivity index (χ0) is 17.0. The first-order valence-corrected chi connectivity index (χ1v) is 7.18. The van der Waals surface area contributed by atoms with Crippen molar-refractivity contribution in [1.29, 1.82) is 0 Å². The molecule has 3 N–H and O–H groups in total. The maximum atomic E-state index is 13.1. The van der Waals surface area contributed by atoms with E-state index in [1.165, 1.54) is 11.9 Å². The number of nitrogens with two attached hydrogens (primary N) is 1. The first kappa shape index (κ1) is 20.3. The van der Waals surface area contributed by atoms with Crippen LogP contribution in [0, 0.1) is 11.6 Å². The lowest BCUT2D eigenvalue weighted by molar-refractivity contribution is -0.141. The topological polar surface area (TPSA) is 84.7 Å². The van der Waals surface area contributed by atoms with Crippen LogP contribution in [0.15, 0.2) is 18.2 Å². The Labute approximate surface area is 144 Å². The van der Waals surface area contributed by atoms with Crippen molar-refractivity contribution in [1.82, 2.24) is 4.90 Å². The van der Waals surface area contributed by atoms with Gasteiger partial charge in [0.25, 0.3) is 0 Å². The van der Waals surface area contributed by atoms with Crippen molar-refractivity contribution in [2.45, 2.75) is 18.4 Å². The monoisotopic (exact) mass is 363 g/mol. The molecule has 0 radical (unpaired) electrons. The summed E-state index contributed by atoms with van der Waals surface area (Å²) in [6, 6.07) is 2.69. The second-order valence-corrected chi connectivity index (χ2v) is 5.64. The Balaban J connectivity index is 0.00000288. The molecule has 1 aliphatic heterocycles. The Hall–Kier alpha value is -1.77. The molecule has 0 spiro atoms. The van der Waals surface area contributed by atoms with E-state index < -0.39 is 23.1 Å². The molecule has 1 aromatic rings. The second-order valence-electron chi connectivity index (χ2n) is 5.64. The van der Waals surface area contributed by atoms with Crippen LogP contribution in [0.2, 0.25) is 0 Å². The van der Waals surface area contributed by atoms with Crippen molar-refractivity contribution in [3.05, 3.63) is 29.8 Å². The first-order chi connectivity index (χ1) is 10.8. The number of anilines is 1. The number of nitrogens with one attached hydrogen (secondary N) is 1. The third-order valence-electron chi connectivity index (χ3n) is 3.68. The van der Waals surface area contributed by atoms with Crippen LogP contribution < -0.4 is 11.1 Å². The van der Waals surface area contributed by atoms with Gasteiger partial charge < -0.3 is 20.7 Å². The number of ether oxygens (including phenoxy) is 1. The lowest BCUT2D eigenvalue weighted by atomic mass is 9.90. The number of benzene rings is 1. The zero-order valence-corrected chi connectivity index (χ0v) is 14.0. The van der Waals surface area contributed by atoms with Gasteiger partial charge in [0.05, 0.1) is 12.1 Å². The third-order valence-corrected chi connectivity index (χ3v) is 3.68. The summed E-state index contributed by atoms with van der Waals surface area (Å²) < 4.78 is 31.3. The van der Waals surface area contributed by atoms with Crippen molar-refractivity contribution >= 4 is 29.9 Å². The summed E-state index contributed by atoms with van der Waals surface area (Å²) in [5.41, 5.74) is 5.01. The van der Waals surface area contributed by atoms with E-state index in [-0.39, 0.29) is 30.5 Å². The van der Waals surface area contributed by atoms with Gasteiger partial charge in [-0.25, -0.2) is 8.78 Å². The smallest absolute Gasteiger partial charge is 0.243 e. The molecule has 0 unspecified atom stereocenters. The quantitative estimate of drug-likeness (QED) is 0.844. The lowest BCUT2D eigenvalue weighted by Crippen LogP contribution is -2.58. The van der Waals surface area contributed by atoms with E-state index in [0.29, 0.717) is 32.1 Å². The molecule has 1 heterocycles. The normalized spacial score (nSPS) is 16.0. The Morgan fingerprint density at radius 3 is 2.33 bits per heavy atom. The molecule has 1 fully saturated rings. The van der Waals surface area contributed by atoms with Gasteiger partial charge in [-0.05, 0) is 25.0 Å². The van der Waals surface area contributed by atoms with E-state index in [1.807, 2.05) is 0 Å². The Morgan fingerprint density at radius 2 is 1.79 bits per heavy atom. The van der Waals surface area contributed by atoms with Crippen LogP contribution >= 0.6 is 12.4 Å². The molecule has 2 amide bonds. The summed E-state index contributed by atoms with van der Waals surface area (Å²) in [7, 11) is 1.46. The van der Waals surface area contributed by atoms with Gasteiger partial charge in [0.1, 0.15) is 11.6 Å². The summed E-state index contributed by atoms with van der Waals surface area (Å²) in [5.74, 6) is -2.52. The second kappa shape index (κ2) is 8.36. The largest absolute Gasteiger partial charge is 0.381 e. The van der Waals surface area contributed by atoms with Crippen molar-refractivity contribution < 1.29 is 23.1 Å². The summed E-state index contributed by atoms with van der Waals surface area (Å²) in [6.45, 7) is 0.520. The molecule has 1 aromatic carbocycles. The van der Waals surface area contributed by atoms with Crippen LogP contribution in [0.5, 0.6) is 0 Å². The van der Waals surface area contributed by atoms with Crippen molar-refractivity contribution in [3.63, 3.8) is 0 Å². The van der Waals surface area contributed by atoms with Gasteiger partial charge in [-0.15, -0.1) is 12.4 Å². The molecule has 134 valence electrons. The number of hydrogen-bond acceptors (Lipinski definition) is 4. The van der Waals surface area contributed by atoms with E-state index in [4.69, 9.17) is 10.5 Å². The van der Waals surface area contributed by atoms with Gasteiger partial charge in [-0.3, -0.25) is 9.59 Å². The maximum absolute atomic E-state index is 13.1. The van der Waals surface area contributed by atoms with Gasteiger partial charge in [-0.2, -0.15) is 0 Å². The Bertz CT molecular complexity index is 589. The summed E-state index contributed by atoms with van der Waals surface area (Å²) in [4.78, 5) is 25.5. The average Bonchev–Trinajstić information content (AvgIpc) is 2.45. The highest BCUT2D eigenvalue weighted by atomic mass is 35.5. The highest BCUT2D eigenvalue weighted by Gasteiger charge is 2.38. The minimum Gasteiger partial charge on any atom is -0.381 e. The standard InChI is InChI=1S/C15H19F2N3O3.ClH/c1-20(14(22)15(18)2-4-23-5-3-15)9-13(21)19-12-7-10(16)6-11(17)8-12;/h6-8H,2-5,9,18H2,1H3,(H,19,21);1H. The highest BCUT2D eigenvalue weighted by Crippen LogP contribution is 2.20. The van der Waals surface area contributed by atoms with Crippen LogP contribution in [0.1, 0.15) is 12.8 Å². The van der Waals surface area contributed by atoms with E-state index in [1.54, 1.807) is 0 Å². The number of amides is 2. The molecular formula is C15H20ClF2N3O3. The van der Waals surface area contributed by atoms with E-state index >= 15 is 0 Å². The lowest BCUT2D eigenvalue weighted by Gasteiger charge is -2.35. The molecular weight excluding hydrogens is 344 g/mol. The average molecular weight is 364 g/mol. The van der Waals surface area contributed by atoms with Crippen LogP contribution in [-0.2, 0) is 14.3 Å². The predicted octanol–water partition coefficient (Wildman–Crippen LogP) is 1.29. The van der Waals surface area contributed by atoms with Crippen LogP contribution in [-0.4, -0.2) is 49.1 Å². The number of hydrogen-bond donors (Lipinski definition) is 2. The Morgan fingerprint density at radius 1 is 1.25 bits per heavy atom. The molecule has 0 saturated carbocycles. The maximum Gasteiger partial charge on any atom is 0.243 e. The van der Waals surface area contributed by atoms with Gasteiger partial charge in [0, 0.05) is 32.0 Å². The number of carbonyl (C=O) groups is 2. The molecule has 0 aromatic heterocycles. The summed E-state index contributed by atoms with van der Waals surface area (Å²) in [6.07, 6.45) is 0.764. The molecule has 0 aliphatic carbocycles. The SMILES string of the molecule is CN(CC(=O)Nc1cc(F)cc(F)c1)C(=O)C1(N)CCOCC1.Cl. The van der Waals surface area contributed by atoms with Gasteiger partial charge in [-0.1, -0.05) is 0 Å². The summed E-state index contributed by atoms with van der Waals surface area (Å²) >= 11 is 0.